The molecule has 0 saturated heterocycles. The second kappa shape index (κ2) is 16.9. The minimum atomic E-state index is -5.27. The van der Waals surface area contributed by atoms with Gasteiger partial charge >= 0.3 is 5.97 Å². The average Bonchev–Trinajstić information content (AvgIpc) is 3.08. The molecular weight excluding hydrogens is 791 g/mol. The van der Waals surface area contributed by atoms with Crippen LogP contribution in [0, 0.1) is 0 Å². The third-order valence-electron chi connectivity index (χ3n) is 6.23. The molecule has 0 aliphatic heterocycles. The molecule has 26 heteroatoms. The van der Waals surface area contributed by atoms with E-state index in [2.05, 4.69) is 45.7 Å². The van der Waals surface area contributed by atoms with Crippen molar-refractivity contribution in [3.05, 3.63) is 90.0 Å². The van der Waals surface area contributed by atoms with Crippen LogP contribution in [-0.2, 0) is 39.7 Å². The van der Waals surface area contributed by atoms with Crippen molar-refractivity contribution in [2.45, 2.75) is 14.7 Å². The maximum atomic E-state index is 11.9. The first-order chi connectivity index (χ1) is 24.8. The van der Waals surface area contributed by atoms with Gasteiger partial charge in [0, 0.05) is 16.1 Å². The summed E-state index contributed by atoms with van der Waals surface area (Å²) in [6.45, 7) is 0. The first-order valence-corrected chi connectivity index (χ1v) is 19.0. The van der Waals surface area contributed by atoms with E-state index in [9.17, 15) is 49.4 Å². The molecule has 0 radical (unpaired) electrons. The van der Waals surface area contributed by atoms with Gasteiger partial charge < -0.3 is 15.5 Å². The smallest absolute Gasteiger partial charge is 0.337 e. The van der Waals surface area contributed by atoms with Crippen LogP contribution in [0.5, 0.6) is 5.75 Å². The Bertz CT molecular complexity index is 2440. The van der Waals surface area contributed by atoms with E-state index in [-0.39, 0.29) is 33.5 Å². The van der Waals surface area contributed by atoms with Gasteiger partial charge in [-0.15, -0.1) is 14.6 Å². The summed E-state index contributed by atoms with van der Waals surface area (Å²) < 4.78 is 102. The number of nitrogens with one attached hydrogen (secondary N) is 2. The number of azo groups is 2. The Balaban J connectivity index is 1.78. The fourth-order valence-electron chi connectivity index (χ4n) is 3.90. The van der Waals surface area contributed by atoms with Gasteiger partial charge in [-0.05, 0) is 66.7 Å². The summed E-state index contributed by atoms with van der Waals surface area (Å²) in [6, 6.07) is 16.1. The van der Waals surface area contributed by atoms with E-state index in [1.165, 1.54) is 60.7 Å². The molecule has 0 fully saturated rings. The minimum Gasteiger partial charge on any atom is -0.504 e. The maximum absolute atomic E-state index is 11.9. The summed E-state index contributed by atoms with van der Waals surface area (Å²) in [7, 11) is -14.7. The number of phenols is 1. The summed E-state index contributed by atoms with van der Waals surface area (Å²) in [6.07, 6.45) is 0. The van der Waals surface area contributed by atoms with Crippen LogP contribution in [0.1, 0.15) is 15.9 Å². The molecule has 22 nitrogen and oxygen atoms in total. The molecule has 53 heavy (non-hydrogen) atoms. The van der Waals surface area contributed by atoms with Crippen LogP contribution in [0.25, 0.3) is 0 Å². The van der Waals surface area contributed by atoms with Crippen molar-refractivity contribution in [3.63, 3.8) is 0 Å². The van der Waals surface area contributed by atoms with Gasteiger partial charge in [-0.25, -0.2) is 10.1 Å². The molecule has 280 valence electrons. The highest BCUT2D eigenvalue weighted by molar-refractivity contribution is 7.94. The predicted molar refractivity (Wildman–Crippen MR) is 184 cm³/mol. The van der Waals surface area contributed by atoms with Crippen molar-refractivity contribution in [1.82, 2.24) is 0 Å². The topological polar surface area (TPSA) is 345 Å². The number of aromatic carboxylic acids is 1. The molecule has 0 bridgehead atoms. The molecule has 4 aromatic carbocycles. The number of phenolic OH excluding ortho intramolecular Hbond substituents is 1. The zero-order valence-corrected chi connectivity index (χ0v) is 29.2. The summed E-state index contributed by atoms with van der Waals surface area (Å²) >= 11 is 0.488. The van der Waals surface area contributed by atoms with Gasteiger partial charge in [0.2, 0.25) is 5.84 Å². The van der Waals surface area contributed by atoms with Crippen molar-refractivity contribution in [2.75, 3.05) is 16.6 Å². The molecule has 0 aromatic heterocycles. The number of carbonyl (C=O) groups is 1. The summed E-state index contributed by atoms with van der Waals surface area (Å²) in [5.74, 6) is -3.83. The van der Waals surface area contributed by atoms with Gasteiger partial charge in [-0.3, -0.25) is 19.1 Å². The van der Waals surface area contributed by atoms with Crippen LogP contribution >= 0.6 is 12.0 Å². The molecule has 4 rings (SSSR count). The number of carboxylic acids is 1. The van der Waals surface area contributed by atoms with Crippen molar-refractivity contribution < 1.29 is 68.5 Å². The normalized spacial score (nSPS) is 12.7. The first-order valence-electron chi connectivity index (χ1n) is 13.7. The molecule has 0 heterocycles. The zero-order valence-electron chi connectivity index (χ0n) is 25.9. The number of amidine groups is 1. The summed E-state index contributed by atoms with van der Waals surface area (Å²) in [4.78, 5) is 9.68. The fourth-order valence-corrected chi connectivity index (χ4v) is 5.88. The highest BCUT2D eigenvalue weighted by Crippen LogP contribution is 2.37. The van der Waals surface area contributed by atoms with Crippen molar-refractivity contribution in [3.8, 4) is 5.75 Å². The molecule has 0 amide bonds. The number of hydrogen-bond acceptors (Lipinski definition) is 18. The maximum Gasteiger partial charge on any atom is 0.337 e. The lowest BCUT2D eigenvalue weighted by Gasteiger charge is -2.09. The second-order valence-electron chi connectivity index (χ2n) is 9.93. The van der Waals surface area contributed by atoms with Crippen LogP contribution in [0.2, 0.25) is 0 Å². The molecule has 4 aromatic rings. The molecule has 0 saturated carbocycles. The van der Waals surface area contributed by atoms with Gasteiger partial charge in [-0.1, -0.05) is 17.2 Å². The average molecular weight is 814 g/mol. The molecule has 8 N–H and O–H groups in total. The molecule has 0 unspecified atom stereocenters. The first kappa shape index (κ1) is 40.4. The van der Waals surface area contributed by atoms with Crippen molar-refractivity contribution in [2.24, 2.45) is 25.6 Å². The van der Waals surface area contributed by atoms with Crippen LogP contribution in [0.15, 0.2) is 119 Å². The van der Waals surface area contributed by atoms with Crippen LogP contribution in [0.3, 0.4) is 0 Å². The van der Waals surface area contributed by atoms with Gasteiger partial charge in [0.05, 0.1) is 39.6 Å². The lowest BCUT2D eigenvalue weighted by molar-refractivity contribution is -0.432. The van der Waals surface area contributed by atoms with Gasteiger partial charge in [0.1, 0.15) is 16.5 Å². The van der Waals surface area contributed by atoms with Gasteiger partial charge in [-0.2, -0.15) is 40.6 Å². The highest BCUT2D eigenvalue weighted by Gasteiger charge is 2.24. The van der Waals surface area contributed by atoms with Crippen molar-refractivity contribution in [1.29, 1.82) is 0 Å². The van der Waals surface area contributed by atoms with Crippen LogP contribution in [0.4, 0.5) is 28.4 Å². The third-order valence-corrected chi connectivity index (χ3v) is 9.02. The van der Waals surface area contributed by atoms with E-state index in [1.807, 2.05) is 0 Å². The number of anilines is 2. The number of aromatic hydroxyl groups is 1. The standard InChI is InChI=1S/C27H23N7O15S4/c35-25-23(12-20(52(42,43)44)13-24(25)53(45,46)47)32-34-26(33-31-22-11-19(50-49-48-38)8-9-21(22)27(36)37)15-2-1-3-18(10-15)30-29-17-6-4-16(5-7-17)28-14-51(39,40)41/h1-13,28,31,35,38H,14H2,(H,36,37)(H,39,40,41)(H,42,43,44)(H,45,46,47). The third kappa shape index (κ3) is 11.8. The minimum absolute atomic E-state index is 0.0577. The monoisotopic (exact) mass is 813 g/mol. The lowest BCUT2D eigenvalue weighted by atomic mass is 10.2. The van der Waals surface area contributed by atoms with Crippen molar-refractivity contribution >= 4 is 82.6 Å². The molecule has 0 atom stereocenters. The molecule has 0 spiro atoms. The van der Waals surface area contributed by atoms with E-state index >= 15 is 0 Å². The fraction of sp³-hybridized carbons (Fsp3) is 0.0370. The second-order valence-corrected chi connectivity index (χ2v) is 15.0. The SMILES string of the molecule is O=C(O)c1ccc(SOOO)cc1NN=C(N=Nc1cc(S(=O)(=O)O)cc(S(=O)(=O)O)c1O)c1cccc(N=Nc2ccc(NCS(=O)(=O)O)cc2)c1. The Morgan fingerprint density at radius 3 is 2.13 bits per heavy atom. The number of benzene rings is 4. The number of hydrazone groups is 1. The number of nitrogens with zero attached hydrogens (tertiary/aromatic N) is 5. The number of rotatable bonds is 15. The Morgan fingerprint density at radius 1 is 0.811 bits per heavy atom. The molecule has 0 aliphatic rings. The Morgan fingerprint density at radius 2 is 1.51 bits per heavy atom. The Hall–Kier alpha value is -5.42. The largest absolute Gasteiger partial charge is 0.504 e. The highest BCUT2D eigenvalue weighted by atomic mass is 32.2. The Labute approximate surface area is 302 Å². The van der Waals surface area contributed by atoms with E-state index < -0.39 is 69.3 Å². The molecular formula is C27H23N7O15S4. The zero-order chi connectivity index (χ0) is 39.0. The number of hydrogen-bond donors (Lipinski definition) is 8. The Kier molecular flexibility index (Phi) is 12.9. The van der Waals surface area contributed by atoms with Crippen LogP contribution < -0.4 is 10.7 Å². The molecule has 0 aliphatic carbocycles. The van der Waals surface area contributed by atoms with E-state index in [4.69, 9.17) is 9.81 Å². The summed E-state index contributed by atoms with van der Waals surface area (Å²) in [5.41, 5.74) is 1.97. The van der Waals surface area contributed by atoms with Gasteiger partial charge in [0.25, 0.3) is 30.4 Å². The quantitative estimate of drug-likeness (QED) is 0.0145. The summed E-state index contributed by atoms with van der Waals surface area (Å²) in [5, 5.41) is 54.5. The van der Waals surface area contributed by atoms with E-state index in [0.29, 0.717) is 29.5 Å². The number of carboxylic acid groups (broad SMARTS) is 1. The van der Waals surface area contributed by atoms with E-state index in [0.717, 1.165) is 6.07 Å². The van der Waals surface area contributed by atoms with Crippen LogP contribution in [-0.4, -0.2) is 72.1 Å². The van der Waals surface area contributed by atoms with Gasteiger partial charge in [0.15, 0.2) is 5.75 Å². The lowest BCUT2D eigenvalue weighted by Crippen LogP contribution is -2.12. The van der Waals surface area contributed by atoms with E-state index in [1.54, 1.807) is 0 Å². The predicted octanol–water partition coefficient (Wildman–Crippen LogP) is 5.24.